The molecule has 0 aromatic carbocycles. The first-order chi connectivity index (χ1) is 9.72. The summed E-state index contributed by atoms with van der Waals surface area (Å²) in [7, 11) is -5.14. The topological polar surface area (TPSA) is 176 Å². The van der Waals surface area contributed by atoms with Crippen LogP contribution >= 0.6 is 19.4 Å². The van der Waals surface area contributed by atoms with Crippen molar-refractivity contribution in [2.45, 2.75) is 6.73 Å². The van der Waals surface area contributed by atoms with Crippen molar-refractivity contribution in [3.05, 3.63) is 22.0 Å². The molecular weight excluding hydrogens is 468 g/mol. The number of hydrogen-bond donors (Lipinski definition) is 3. The Labute approximate surface area is 168 Å². The maximum atomic E-state index is 11.4. The van der Waals surface area contributed by atoms with Crippen LogP contribution < -0.4 is 15.3 Å². The van der Waals surface area contributed by atoms with Crippen molar-refractivity contribution in [2.75, 3.05) is 13.2 Å². The van der Waals surface area contributed by atoms with E-state index in [1.165, 1.54) is 10.9 Å². The first-order valence-electron chi connectivity index (χ1n) is 5.26. The fourth-order valence-corrected chi connectivity index (χ4v) is 1.41. The Morgan fingerprint density at radius 2 is 2.09 bits per heavy atom. The number of H-pyrrole nitrogens is 1. The molecule has 0 saturated carbocycles. The second-order valence-corrected chi connectivity index (χ2v) is 4.77. The summed E-state index contributed by atoms with van der Waals surface area (Å²) in [6, 6.07) is 0. The van der Waals surface area contributed by atoms with Crippen LogP contribution in [0.15, 0.2) is 11.1 Å². The van der Waals surface area contributed by atoms with Crippen molar-refractivity contribution < 1.29 is 29.1 Å². The Kier molecular flexibility index (Phi) is 10.3. The number of phosphoric acid groups is 1. The number of rotatable bonds is 4. The second-order valence-electron chi connectivity index (χ2n) is 3.47. The summed E-state index contributed by atoms with van der Waals surface area (Å²) in [6.45, 7) is 0.293. The van der Waals surface area contributed by atoms with Crippen LogP contribution in [0.5, 0.6) is 0 Å². The van der Waals surface area contributed by atoms with Crippen LogP contribution in [0.1, 0.15) is 0 Å². The Balaban J connectivity index is 0.000000644. The predicted molar refractivity (Wildman–Crippen MR) is 71.8 cm³/mol. The van der Waals surface area contributed by atoms with E-state index in [9.17, 15) is 4.79 Å². The summed E-state index contributed by atoms with van der Waals surface area (Å²) < 4.78 is 15.3. The smallest absolute Gasteiger partial charge is 0.790 e. The molecule has 0 amide bonds. The van der Waals surface area contributed by atoms with Crippen molar-refractivity contribution in [1.29, 1.82) is 0 Å². The van der Waals surface area contributed by atoms with Crippen LogP contribution in [0.2, 0.25) is 5.28 Å². The van der Waals surface area contributed by atoms with E-state index in [-0.39, 0.29) is 79.6 Å². The number of aromatic amines is 1. The first kappa shape index (κ1) is 22.2. The zero-order valence-electron chi connectivity index (χ0n) is 11.0. The van der Waals surface area contributed by atoms with Crippen LogP contribution in [-0.2, 0) is 16.0 Å². The van der Waals surface area contributed by atoms with Crippen LogP contribution in [0.25, 0.3) is 11.2 Å². The van der Waals surface area contributed by atoms with Gasteiger partial charge < -0.3 is 29.1 Å². The minimum Gasteiger partial charge on any atom is -0.790 e. The minimum absolute atomic E-state index is 0. The van der Waals surface area contributed by atoms with Gasteiger partial charge in [-0.1, -0.05) is 0 Å². The van der Waals surface area contributed by atoms with Crippen molar-refractivity contribution in [2.24, 2.45) is 0 Å². The summed E-state index contributed by atoms with van der Waals surface area (Å²) in [5.41, 5.74) is 0.166. The molecule has 0 bridgehead atoms. The third kappa shape index (κ3) is 8.19. The van der Waals surface area contributed by atoms with Gasteiger partial charge in [0.15, 0.2) is 11.2 Å². The molecule has 2 heterocycles. The molecule has 0 saturated heterocycles. The number of halogens is 1. The maximum absolute atomic E-state index is 11.4. The van der Waals surface area contributed by atoms with Gasteiger partial charge in [0.1, 0.15) is 6.73 Å². The van der Waals surface area contributed by atoms with E-state index in [1.54, 1.807) is 0 Å². The fourth-order valence-electron chi connectivity index (χ4n) is 1.25. The zero-order chi connectivity index (χ0) is 16.0. The van der Waals surface area contributed by atoms with Gasteiger partial charge in [-0.2, -0.15) is 4.98 Å². The first-order valence-corrected chi connectivity index (χ1v) is 7.13. The monoisotopic (exact) mass is 478 g/mol. The largest absolute Gasteiger partial charge is 2.00 e. The van der Waals surface area contributed by atoms with Gasteiger partial charge in [-0.05, 0) is 11.6 Å². The van der Waals surface area contributed by atoms with Crippen molar-refractivity contribution in [3.63, 3.8) is 0 Å². The van der Waals surface area contributed by atoms with E-state index < -0.39 is 13.4 Å². The molecule has 22 heavy (non-hydrogen) atoms. The van der Waals surface area contributed by atoms with E-state index in [0.717, 1.165) is 0 Å². The molecule has 3 N–H and O–H groups in total. The Morgan fingerprint density at radius 3 is 2.64 bits per heavy atom. The number of hydrogen-bond acceptors (Lipinski definition) is 8. The SMILES string of the molecule is O=P([O-])([O-])O.O=c1[nH]c(Cl)nc2c1ncn2COCCO.[Ba+2]. The van der Waals surface area contributed by atoms with E-state index in [4.69, 9.17) is 40.7 Å². The Hall–Kier alpha value is 0.241. The number of nitrogens with zero attached hydrogens (tertiary/aromatic N) is 3. The van der Waals surface area contributed by atoms with E-state index in [0.29, 0.717) is 5.65 Å². The molecule has 2 aromatic rings. The van der Waals surface area contributed by atoms with Gasteiger partial charge >= 0.3 is 48.9 Å². The van der Waals surface area contributed by atoms with Gasteiger partial charge in [0.25, 0.3) is 5.56 Å². The summed E-state index contributed by atoms with van der Waals surface area (Å²) in [4.78, 5) is 45.9. The molecule has 0 fully saturated rings. The number of aliphatic hydroxyl groups is 1. The van der Waals surface area contributed by atoms with E-state index in [2.05, 4.69) is 15.0 Å². The molecule has 0 aliphatic rings. The van der Waals surface area contributed by atoms with Gasteiger partial charge in [-0.25, -0.2) is 4.98 Å². The number of aromatic nitrogens is 4. The average Bonchev–Trinajstić information content (AvgIpc) is 2.71. The summed E-state index contributed by atoms with van der Waals surface area (Å²) in [5, 5.41) is 8.56. The van der Waals surface area contributed by atoms with Crippen LogP contribution in [0.4, 0.5) is 0 Å². The molecule has 0 atom stereocenters. The van der Waals surface area contributed by atoms with Crippen LogP contribution in [0.3, 0.4) is 0 Å². The predicted octanol–water partition coefficient (Wildman–Crippen LogP) is -2.83. The molecule has 14 heteroatoms. The maximum Gasteiger partial charge on any atom is 2.00 e. The standard InChI is InChI=1S/C8H9ClN4O3.Ba.H3O4P/c9-8-11-6-5(7(15)12-8)10-3-13(6)4-16-2-1-14;;1-5(2,3)4/h3,14H,1-2,4H2,(H,11,12,15);;(H3,1,2,3,4)/q;+2;/p-2. The molecule has 2 rings (SSSR count). The van der Waals surface area contributed by atoms with Gasteiger partial charge in [0.2, 0.25) is 5.28 Å². The second kappa shape index (κ2) is 10.2. The number of imidazole rings is 1. The summed E-state index contributed by atoms with van der Waals surface area (Å²) >= 11 is 5.63. The van der Waals surface area contributed by atoms with Crippen molar-refractivity contribution in [3.8, 4) is 0 Å². The van der Waals surface area contributed by atoms with Gasteiger partial charge in [0, 0.05) is 0 Å². The molecular formula is C8H10BaClN4O7P. The van der Waals surface area contributed by atoms with Crippen LogP contribution in [-0.4, -0.2) is 91.6 Å². The zero-order valence-corrected chi connectivity index (χ0v) is 17.1. The van der Waals surface area contributed by atoms with Gasteiger partial charge in [-0.15, -0.1) is 0 Å². The van der Waals surface area contributed by atoms with Gasteiger partial charge in [-0.3, -0.25) is 14.3 Å². The van der Waals surface area contributed by atoms with Crippen molar-refractivity contribution in [1.82, 2.24) is 19.5 Å². The molecule has 0 radical (unpaired) electrons. The molecule has 11 nitrogen and oxygen atoms in total. The molecule has 0 unspecified atom stereocenters. The van der Waals surface area contributed by atoms with Crippen LogP contribution in [0, 0.1) is 0 Å². The summed E-state index contributed by atoms with van der Waals surface area (Å²) in [6.07, 6.45) is 1.43. The van der Waals surface area contributed by atoms with E-state index in [1.807, 2.05) is 0 Å². The average molecular weight is 478 g/mol. The van der Waals surface area contributed by atoms with E-state index >= 15 is 0 Å². The Morgan fingerprint density at radius 1 is 1.50 bits per heavy atom. The fraction of sp³-hybridized carbons (Fsp3) is 0.375. The minimum atomic E-state index is -5.14. The normalized spacial score (nSPS) is 10.8. The third-order valence-electron chi connectivity index (χ3n) is 1.91. The quantitative estimate of drug-likeness (QED) is 0.181. The number of fused-ring (bicyclic) bond motifs is 1. The van der Waals surface area contributed by atoms with Gasteiger partial charge in [0.05, 0.1) is 27.4 Å². The molecule has 2 aromatic heterocycles. The molecule has 0 spiro atoms. The molecule has 118 valence electrons. The van der Waals surface area contributed by atoms with Crippen molar-refractivity contribution >= 4 is 79.5 Å². The number of aliphatic hydroxyl groups excluding tert-OH is 1. The summed E-state index contributed by atoms with van der Waals surface area (Å²) in [5.74, 6) is 0. The Bertz CT molecular complexity index is 693. The third-order valence-corrected chi connectivity index (χ3v) is 2.09. The number of nitrogens with one attached hydrogen (secondary N) is 1. The molecule has 0 aliphatic heterocycles. The number of ether oxygens (including phenoxy) is 1. The molecule has 0 aliphatic carbocycles.